The van der Waals surface area contributed by atoms with Gasteiger partial charge in [0, 0.05) is 19.4 Å². The number of hydrogen-bond donors (Lipinski definition) is 3. The molecule has 1 aliphatic carbocycles. The summed E-state index contributed by atoms with van der Waals surface area (Å²) in [5.41, 5.74) is 1.81. The number of rotatable bonds is 5. The average Bonchev–Trinajstić information content (AvgIpc) is 3.26. The SMILES string of the molecule is COc1ccc(CNC(=O)C2CC23CCNCC3)cc1NC(C)=O.Cl. The maximum atomic E-state index is 12.4. The second-order valence-corrected chi connectivity index (χ2v) is 6.80. The predicted octanol–water partition coefficient (Wildman–Crippen LogP) is 2.08. The van der Waals surface area contributed by atoms with Crippen LogP contribution in [0.2, 0.25) is 0 Å². The normalized spacial score (nSPS) is 20.3. The number of benzene rings is 1. The maximum absolute atomic E-state index is 12.4. The first-order chi connectivity index (χ1) is 11.5. The van der Waals surface area contributed by atoms with Gasteiger partial charge in [0.1, 0.15) is 5.75 Å². The molecule has 0 bridgehead atoms. The Morgan fingerprint density at radius 2 is 2.04 bits per heavy atom. The fourth-order valence-corrected chi connectivity index (χ4v) is 3.66. The highest BCUT2D eigenvalue weighted by atomic mass is 35.5. The van der Waals surface area contributed by atoms with Gasteiger partial charge in [-0.25, -0.2) is 0 Å². The fourth-order valence-electron chi connectivity index (χ4n) is 3.66. The minimum atomic E-state index is -0.152. The van der Waals surface area contributed by atoms with Gasteiger partial charge in [-0.05, 0) is 55.5 Å². The molecule has 1 aliphatic heterocycles. The lowest BCUT2D eigenvalue weighted by molar-refractivity contribution is -0.123. The number of hydrogen-bond acceptors (Lipinski definition) is 4. The van der Waals surface area contributed by atoms with Crippen LogP contribution in [0.15, 0.2) is 18.2 Å². The van der Waals surface area contributed by atoms with E-state index in [4.69, 9.17) is 4.74 Å². The van der Waals surface area contributed by atoms with Crippen LogP contribution in [0, 0.1) is 11.3 Å². The van der Waals surface area contributed by atoms with Crippen LogP contribution in [0.4, 0.5) is 5.69 Å². The van der Waals surface area contributed by atoms with E-state index >= 15 is 0 Å². The van der Waals surface area contributed by atoms with Gasteiger partial charge in [0.2, 0.25) is 11.8 Å². The summed E-state index contributed by atoms with van der Waals surface area (Å²) in [6.45, 7) is 3.95. The Kier molecular flexibility index (Phi) is 6.30. The Bertz CT molecular complexity index is 644. The Morgan fingerprint density at radius 3 is 2.68 bits per heavy atom. The monoisotopic (exact) mass is 367 g/mol. The van der Waals surface area contributed by atoms with Gasteiger partial charge >= 0.3 is 0 Å². The van der Waals surface area contributed by atoms with Gasteiger partial charge in [-0.2, -0.15) is 0 Å². The highest BCUT2D eigenvalue weighted by Crippen LogP contribution is 2.58. The summed E-state index contributed by atoms with van der Waals surface area (Å²) < 4.78 is 5.24. The van der Waals surface area contributed by atoms with Crippen LogP contribution in [-0.2, 0) is 16.1 Å². The quantitative estimate of drug-likeness (QED) is 0.744. The van der Waals surface area contributed by atoms with Crippen LogP contribution in [0.5, 0.6) is 5.75 Å². The molecule has 0 aromatic heterocycles. The first-order valence-corrected chi connectivity index (χ1v) is 8.47. The summed E-state index contributed by atoms with van der Waals surface area (Å²) in [5, 5.41) is 9.14. The fraction of sp³-hybridized carbons (Fsp3) is 0.556. The minimum Gasteiger partial charge on any atom is -0.495 e. The molecule has 1 aromatic carbocycles. The van der Waals surface area contributed by atoms with Gasteiger partial charge in [0.25, 0.3) is 0 Å². The molecule has 1 saturated heterocycles. The van der Waals surface area contributed by atoms with Crippen molar-refractivity contribution in [2.24, 2.45) is 11.3 Å². The Labute approximate surface area is 154 Å². The van der Waals surface area contributed by atoms with Crippen LogP contribution in [0.1, 0.15) is 31.7 Å². The summed E-state index contributed by atoms with van der Waals surface area (Å²) in [6.07, 6.45) is 3.21. The summed E-state index contributed by atoms with van der Waals surface area (Å²) >= 11 is 0. The number of nitrogens with one attached hydrogen (secondary N) is 3. The first kappa shape index (κ1) is 19.5. The summed E-state index contributed by atoms with van der Waals surface area (Å²) in [5.74, 6) is 0.762. The molecule has 2 fully saturated rings. The van der Waals surface area contributed by atoms with Gasteiger partial charge < -0.3 is 20.7 Å². The molecule has 138 valence electrons. The van der Waals surface area contributed by atoms with Crippen molar-refractivity contribution in [2.45, 2.75) is 32.7 Å². The zero-order valence-corrected chi connectivity index (χ0v) is 15.5. The largest absolute Gasteiger partial charge is 0.495 e. The van der Waals surface area contributed by atoms with Gasteiger partial charge in [0.15, 0.2) is 0 Å². The van der Waals surface area contributed by atoms with Crippen molar-refractivity contribution in [3.63, 3.8) is 0 Å². The van der Waals surface area contributed by atoms with Crippen LogP contribution < -0.4 is 20.7 Å². The summed E-state index contributed by atoms with van der Waals surface area (Å²) in [7, 11) is 1.56. The second-order valence-electron chi connectivity index (χ2n) is 6.80. The van der Waals surface area contributed by atoms with E-state index in [1.54, 1.807) is 13.2 Å². The smallest absolute Gasteiger partial charge is 0.223 e. The number of amides is 2. The molecule has 3 rings (SSSR count). The van der Waals surface area contributed by atoms with Crippen molar-refractivity contribution in [2.75, 3.05) is 25.5 Å². The molecule has 1 atom stereocenters. The molecular weight excluding hydrogens is 342 g/mol. The molecule has 1 heterocycles. The zero-order valence-electron chi connectivity index (χ0n) is 14.7. The number of ether oxygens (including phenoxy) is 1. The van der Waals surface area contributed by atoms with Gasteiger partial charge in [0.05, 0.1) is 12.8 Å². The molecule has 2 aliphatic rings. The number of anilines is 1. The number of halogens is 1. The average molecular weight is 368 g/mol. The van der Waals surface area contributed by atoms with E-state index in [1.165, 1.54) is 6.92 Å². The number of carbonyl (C=O) groups is 2. The maximum Gasteiger partial charge on any atom is 0.223 e. The number of piperidine rings is 1. The van der Waals surface area contributed by atoms with Crippen LogP contribution in [0.25, 0.3) is 0 Å². The summed E-state index contributed by atoms with van der Waals surface area (Å²) in [6, 6.07) is 5.55. The van der Waals surface area contributed by atoms with Gasteiger partial charge in [-0.1, -0.05) is 6.07 Å². The molecule has 1 saturated carbocycles. The molecule has 0 radical (unpaired) electrons. The lowest BCUT2D eigenvalue weighted by Crippen LogP contribution is -2.33. The standard InChI is InChI=1S/C18H25N3O3.ClH/c1-12(22)21-15-9-13(3-4-16(15)24-2)11-20-17(23)14-10-18(14)5-7-19-8-6-18;/h3-4,9,14,19H,5-8,10-11H2,1-2H3,(H,20,23)(H,21,22);1H. The number of carbonyl (C=O) groups excluding carboxylic acids is 2. The number of methoxy groups -OCH3 is 1. The Morgan fingerprint density at radius 1 is 1.32 bits per heavy atom. The minimum absolute atomic E-state index is 0. The molecule has 6 nitrogen and oxygen atoms in total. The molecule has 3 N–H and O–H groups in total. The molecule has 25 heavy (non-hydrogen) atoms. The highest BCUT2D eigenvalue weighted by Gasteiger charge is 2.57. The second kappa shape index (κ2) is 8.06. The zero-order chi connectivity index (χ0) is 17.2. The Balaban J connectivity index is 0.00000225. The van der Waals surface area contributed by atoms with Crippen LogP contribution >= 0.6 is 12.4 Å². The molecular formula is C18H26ClN3O3. The van der Waals surface area contributed by atoms with Crippen LogP contribution in [-0.4, -0.2) is 32.0 Å². The molecule has 1 unspecified atom stereocenters. The van der Waals surface area contributed by atoms with E-state index < -0.39 is 0 Å². The van der Waals surface area contributed by atoms with Crippen molar-refractivity contribution in [1.82, 2.24) is 10.6 Å². The van der Waals surface area contributed by atoms with Crippen molar-refractivity contribution >= 4 is 29.9 Å². The molecule has 2 amide bonds. The third-order valence-corrected chi connectivity index (χ3v) is 5.15. The van der Waals surface area contributed by atoms with E-state index in [-0.39, 0.29) is 35.6 Å². The highest BCUT2D eigenvalue weighted by molar-refractivity contribution is 5.90. The van der Waals surface area contributed by atoms with Crippen molar-refractivity contribution in [3.8, 4) is 5.75 Å². The van der Waals surface area contributed by atoms with Crippen molar-refractivity contribution in [1.29, 1.82) is 0 Å². The van der Waals surface area contributed by atoms with E-state index in [2.05, 4.69) is 16.0 Å². The predicted molar refractivity (Wildman–Crippen MR) is 99.0 cm³/mol. The van der Waals surface area contributed by atoms with Gasteiger partial charge in [-0.3, -0.25) is 9.59 Å². The third kappa shape index (κ3) is 4.44. The molecule has 1 aromatic rings. The van der Waals surface area contributed by atoms with Crippen molar-refractivity contribution < 1.29 is 14.3 Å². The lowest BCUT2D eigenvalue weighted by atomic mass is 9.92. The van der Waals surface area contributed by atoms with Crippen LogP contribution in [0.3, 0.4) is 0 Å². The van der Waals surface area contributed by atoms with E-state index in [1.807, 2.05) is 12.1 Å². The molecule has 1 spiro atoms. The topological polar surface area (TPSA) is 79.5 Å². The van der Waals surface area contributed by atoms with E-state index in [0.717, 1.165) is 37.9 Å². The first-order valence-electron chi connectivity index (χ1n) is 8.47. The van der Waals surface area contributed by atoms with E-state index in [0.29, 0.717) is 18.0 Å². The molecule has 7 heteroatoms. The third-order valence-electron chi connectivity index (χ3n) is 5.15. The van der Waals surface area contributed by atoms with Gasteiger partial charge in [-0.15, -0.1) is 12.4 Å². The Hall–Kier alpha value is -1.79. The lowest BCUT2D eigenvalue weighted by Gasteiger charge is -2.23. The van der Waals surface area contributed by atoms with E-state index in [9.17, 15) is 9.59 Å². The summed E-state index contributed by atoms with van der Waals surface area (Å²) in [4.78, 5) is 23.7. The van der Waals surface area contributed by atoms with Crippen molar-refractivity contribution in [3.05, 3.63) is 23.8 Å².